The second-order valence-electron chi connectivity index (χ2n) is 4.29. The molecule has 0 saturated carbocycles. The van der Waals surface area contributed by atoms with Gasteiger partial charge in [0.2, 0.25) is 0 Å². The van der Waals surface area contributed by atoms with E-state index in [9.17, 15) is 4.79 Å². The predicted molar refractivity (Wildman–Crippen MR) is 80.6 cm³/mol. The maximum absolute atomic E-state index is 11.8. The predicted octanol–water partition coefficient (Wildman–Crippen LogP) is 3.67. The largest absolute Gasteiger partial charge is 0.508 e. The number of halogens is 2. The summed E-state index contributed by atoms with van der Waals surface area (Å²) in [4.78, 5) is 11.8. The van der Waals surface area contributed by atoms with E-state index < -0.39 is 0 Å². The number of aromatic hydroxyl groups is 1. The Labute approximate surface area is 127 Å². The smallest absolute Gasteiger partial charge is 0.251 e. The number of rotatable bonds is 4. The van der Waals surface area contributed by atoms with Crippen LogP contribution in [0.5, 0.6) is 5.75 Å². The van der Waals surface area contributed by atoms with Crippen molar-refractivity contribution < 1.29 is 9.90 Å². The third-order valence-electron chi connectivity index (χ3n) is 2.82. The SMILES string of the molecule is O=C(NCCc1ccc(Cl)cc1Cl)c1ccc(O)cc1. The molecule has 0 aliphatic heterocycles. The molecule has 3 nitrogen and oxygen atoms in total. The summed E-state index contributed by atoms with van der Waals surface area (Å²) in [6, 6.07) is 11.4. The van der Waals surface area contributed by atoms with Crippen molar-refractivity contribution in [1.82, 2.24) is 5.32 Å². The lowest BCUT2D eigenvalue weighted by molar-refractivity contribution is 0.0954. The van der Waals surface area contributed by atoms with Crippen molar-refractivity contribution in [2.24, 2.45) is 0 Å². The van der Waals surface area contributed by atoms with E-state index in [1.54, 1.807) is 24.3 Å². The van der Waals surface area contributed by atoms with Crippen molar-refractivity contribution in [2.45, 2.75) is 6.42 Å². The Morgan fingerprint density at radius 1 is 1.10 bits per heavy atom. The lowest BCUT2D eigenvalue weighted by atomic mass is 10.1. The van der Waals surface area contributed by atoms with Gasteiger partial charge in [-0.1, -0.05) is 29.3 Å². The molecule has 0 aliphatic carbocycles. The molecule has 0 aromatic heterocycles. The van der Waals surface area contributed by atoms with Crippen LogP contribution in [0.1, 0.15) is 15.9 Å². The van der Waals surface area contributed by atoms with Crippen LogP contribution in [0.25, 0.3) is 0 Å². The zero-order chi connectivity index (χ0) is 14.5. The van der Waals surface area contributed by atoms with Gasteiger partial charge in [-0.3, -0.25) is 4.79 Å². The second kappa shape index (κ2) is 6.64. The maximum atomic E-state index is 11.8. The van der Waals surface area contributed by atoms with Gasteiger partial charge in [0.05, 0.1) is 0 Å². The van der Waals surface area contributed by atoms with Crippen LogP contribution < -0.4 is 5.32 Å². The summed E-state index contributed by atoms with van der Waals surface area (Å²) in [7, 11) is 0. The molecule has 2 aromatic carbocycles. The molecule has 104 valence electrons. The molecule has 0 saturated heterocycles. The Morgan fingerprint density at radius 3 is 2.45 bits per heavy atom. The highest BCUT2D eigenvalue weighted by atomic mass is 35.5. The molecule has 2 rings (SSSR count). The maximum Gasteiger partial charge on any atom is 0.251 e. The van der Waals surface area contributed by atoms with Crippen LogP contribution in [0.2, 0.25) is 10.0 Å². The summed E-state index contributed by atoms with van der Waals surface area (Å²) in [5.41, 5.74) is 1.44. The third-order valence-corrected chi connectivity index (χ3v) is 3.41. The number of phenols is 1. The summed E-state index contributed by atoms with van der Waals surface area (Å²) < 4.78 is 0. The Hall–Kier alpha value is -1.71. The number of hydrogen-bond donors (Lipinski definition) is 2. The minimum Gasteiger partial charge on any atom is -0.508 e. The van der Waals surface area contributed by atoms with E-state index in [-0.39, 0.29) is 11.7 Å². The molecule has 5 heteroatoms. The number of hydrogen-bond acceptors (Lipinski definition) is 2. The molecular weight excluding hydrogens is 297 g/mol. The van der Waals surface area contributed by atoms with Crippen molar-refractivity contribution >= 4 is 29.1 Å². The molecule has 0 radical (unpaired) electrons. The van der Waals surface area contributed by atoms with E-state index >= 15 is 0 Å². The molecule has 1 amide bonds. The van der Waals surface area contributed by atoms with E-state index in [0.717, 1.165) is 5.56 Å². The van der Waals surface area contributed by atoms with Crippen molar-refractivity contribution in [3.8, 4) is 5.75 Å². The highest BCUT2D eigenvalue weighted by Crippen LogP contribution is 2.21. The van der Waals surface area contributed by atoms with Crippen LogP contribution in [0, 0.1) is 0 Å². The number of benzene rings is 2. The molecule has 2 N–H and O–H groups in total. The van der Waals surface area contributed by atoms with Gasteiger partial charge in [-0.2, -0.15) is 0 Å². The topological polar surface area (TPSA) is 49.3 Å². The Kier molecular flexibility index (Phi) is 4.88. The lowest BCUT2D eigenvalue weighted by Crippen LogP contribution is -2.25. The van der Waals surface area contributed by atoms with E-state index in [2.05, 4.69) is 5.32 Å². The Bertz CT molecular complexity index is 612. The highest BCUT2D eigenvalue weighted by molar-refractivity contribution is 6.35. The molecule has 0 fully saturated rings. The first-order chi connectivity index (χ1) is 9.56. The van der Waals surface area contributed by atoms with Crippen molar-refractivity contribution in [3.63, 3.8) is 0 Å². The van der Waals surface area contributed by atoms with E-state index in [0.29, 0.717) is 28.6 Å². The molecule has 0 aliphatic rings. The van der Waals surface area contributed by atoms with E-state index in [1.165, 1.54) is 12.1 Å². The van der Waals surface area contributed by atoms with Crippen LogP contribution in [-0.4, -0.2) is 17.6 Å². The number of nitrogens with one attached hydrogen (secondary N) is 1. The molecule has 0 bridgehead atoms. The summed E-state index contributed by atoms with van der Waals surface area (Å²) in [5, 5.41) is 13.1. The summed E-state index contributed by atoms with van der Waals surface area (Å²) in [6.45, 7) is 0.473. The number of amides is 1. The Morgan fingerprint density at radius 2 is 1.80 bits per heavy atom. The minimum atomic E-state index is -0.185. The molecule has 0 heterocycles. The summed E-state index contributed by atoms with van der Waals surface area (Å²) >= 11 is 11.9. The normalized spacial score (nSPS) is 10.3. The van der Waals surface area contributed by atoms with Crippen molar-refractivity contribution in [3.05, 3.63) is 63.6 Å². The number of phenolic OH excluding ortho intramolecular Hbond substituents is 1. The first-order valence-corrected chi connectivity index (χ1v) is 6.83. The zero-order valence-corrected chi connectivity index (χ0v) is 12.1. The monoisotopic (exact) mass is 309 g/mol. The van der Waals surface area contributed by atoms with Crippen molar-refractivity contribution in [1.29, 1.82) is 0 Å². The van der Waals surface area contributed by atoms with Gasteiger partial charge in [0, 0.05) is 22.2 Å². The summed E-state index contributed by atoms with van der Waals surface area (Å²) in [5.74, 6) is -0.0513. The van der Waals surface area contributed by atoms with Gasteiger partial charge in [0.25, 0.3) is 5.91 Å². The third kappa shape index (κ3) is 3.89. The van der Waals surface area contributed by atoms with Gasteiger partial charge in [0.1, 0.15) is 5.75 Å². The standard InChI is InChI=1S/C15H13Cl2NO2/c16-12-4-1-10(14(17)9-12)7-8-18-15(20)11-2-5-13(19)6-3-11/h1-6,9,19H,7-8H2,(H,18,20). The van der Waals surface area contributed by atoms with E-state index in [1.807, 2.05) is 6.07 Å². The number of carbonyl (C=O) groups is 1. The first kappa shape index (κ1) is 14.7. The molecule has 0 spiro atoms. The summed E-state index contributed by atoms with van der Waals surface area (Å²) in [6.07, 6.45) is 0.625. The van der Waals surface area contributed by atoms with Crippen molar-refractivity contribution in [2.75, 3.05) is 6.54 Å². The molecule has 2 aromatic rings. The lowest BCUT2D eigenvalue weighted by Gasteiger charge is -2.07. The quantitative estimate of drug-likeness (QED) is 0.905. The van der Waals surface area contributed by atoms with E-state index in [4.69, 9.17) is 28.3 Å². The first-order valence-electron chi connectivity index (χ1n) is 6.07. The molecule has 20 heavy (non-hydrogen) atoms. The molecule has 0 atom stereocenters. The molecule has 0 unspecified atom stereocenters. The zero-order valence-electron chi connectivity index (χ0n) is 10.6. The van der Waals surface area contributed by atoms with Crippen LogP contribution in [-0.2, 0) is 6.42 Å². The van der Waals surface area contributed by atoms with Gasteiger partial charge >= 0.3 is 0 Å². The van der Waals surface area contributed by atoms with Gasteiger partial charge in [0.15, 0.2) is 0 Å². The van der Waals surface area contributed by atoms with Gasteiger partial charge in [-0.15, -0.1) is 0 Å². The van der Waals surface area contributed by atoms with Crippen LogP contribution in [0.15, 0.2) is 42.5 Å². The fraction of sp³-hybridized carbons (Fsp3) is 0.133. The van der Waals surface area contributed by atoms with Gasteiger partial charge < -0.3 is 10.4 Å². The Balaban J connectivity index is 1.89. The van der Waals surface area contributed by atoms with Crippen LogP contribution >= 0.6 is 23.2 Å². The second-order valence-corrected chi connectivity index (χ2v) is 5.13. The fourth-order valence-electron chi connectivity index (χ4n) is 1.75. The molecular formula is C15H13Cl2NO2. The van der Waals surface area contributed by atoms with Crippen LogP contribution in [0.3, 0.4) is 0 Å². The fourth-order valence-corrected chi connectivity index (χ4v) is 2.25. The minimum absolute atomic E-state index is 0.134. The van der Waals surface area contributed by atoms with Crippen LogP contribution in [0.4, 0.5) is 0 Å². The van der Waals surface area contributed by atoms with Gasteiger partial charge in [-0.25, -0.2) is 0 Å². The van der Waals surface area contributed by atoms with Gasteiger partial charge in [-0.05, 0) is 48.4 Å². The number of carbonyl (C=O) groups excluding carboxylic acids is 1. The average molecular weight is 310 g/mol. The average Bonchev–Trinajstić information content (AvgIpc) is 2.42. The highest BCUT2D eigenvalue weighted by Gasteiger charge is 2.06.